The van der Waals surface area contributed by atoms with Gasteiger partial charge < -0.3 is 4.42 Å². The van der Waals surface area contributed by atoms with Crippen LogP contribution >= 0.6 is 0 Å². The Kier molecular flexibility index (Phi) is 5.79. The van der Waals surface area contributed by atoms with Crippen molar-refractivity contribution in [3.63, 3.8) is 0 Å². The molecule has 1 nitrogen and oxygen atoms in total. The Labute approximate surface area is 287 Å². The van der Waals surface area contributed by atoms with Gasteiger partial charge in [-0.1, -0.05) is 158 Å². The molecule has 228 valence electrons. The van der Waals surface area contributed by atoms with Gasteiger partial charge in [0.2, 0.25) is 0 Å². The Hall–Kier alpha value is -6.44. The van der Waals surface area contributed by atoms with E-state index in [0.29, 0.717) is 12.1 Å². The van der Waals surface area contributed by atoms with E-state index in [9.17, 15) is 0 Å². The maximum atomic E-state index is 8.14. The Bertz CT molecular complexity index is 2910. The molecule has 0 unspecified atom stereocenters. The molecule has 1 aromatic heterocycles. The summed E-state index contributed by atoms with van der Waals surface area (Å²) in [4.78, 5) is 0. The molecule has 9 aromatic carbocycles. The highest BCUT2D eigenvalue weighted by Crippen LogP contribution is 2.48. The Morgan fingerprint density at radius 3 is 1.57 bits per heavy atom. The molecule has 10 rings (SSSR count). The lowest BCUT2D eigenvalue weighted by atomic mass is 9.83. The molecule has 1 heteroatoms. The van der Waals surface area contributed by atoms with Crippen molar-refractivity contribution in [2.75, 3.05) is 0 Å². The molecule has 1 heterocycles. The lowest BCUT2D eigenvalue weighted by Gasteiger charge is -2.19. The van der Waals surface area contributed by atoms with Crippen LogP contribution in [0.15, 0.2) is 186 Å². The van der Waals surface area contributed by atoms with Crippen LogP contribution in [0.4, 0.5) is 0 Å². The molecule has 0 atom stereocenters. The van der Waals surface area contributed by atoms with Crippen molar-refractivity contribution in [3.8, 4) is 44.5 Å². The Balaban J connectivity index is 1.27. The highest BCUT2D eigenvalue weighted by molar-refractivity contribution is 6.26. The number of fused-ring (bicyclic) bond motifs is 6. The zero-order valence-electron chi connectivity index (χ0n) is 28.6. The van der Waals surface area contributed by atoms with Crippen molar-refractivity contribution in [2.45, 2.75) is 0 Å². The van der Waals surface area contributed by atoms with E-state index in [2.05, 4.69) is 121 Å². The maximum absolute atomic E-state index is 8.14. The minimum absolute atomic E-state index is 0.483. The fourth-order valence-electron chi connectivity index (χ4n) is 7.77. The predicted octanol–water partition coefficient (Wildman–Crippen LogP) is 13.7. The number of benzene rings is 9. The van der Waals surface area contributed by atoms with Gasteiger partial charge in [-0.25, -0.2) is 0 Å². The summed E-state index contributed by atoms with van der Waals surface area (Å²) in [5.74, 6) is 0. The summed E-state index contributed by atoms with van der Waals surface area (Å²) < 4.78 is 22.7. The number of hydrogen-bond acceptors (Lipinski definition) is 1. The number of hydrogen-bond donors (Lipinski definition) is 0. The van der Waals surface area contributed by atoms with Gasteiger partial charge in [0, 0.05) is 10.8 Å². The van der Waals surface area contributed by atoms with Gasteiger partial charge in [0.1, 0.15) is 11.2 Å². The number of rotatable bonds is 4. The molecule has 0 bridgehead atoms. The minimum Gasteiger partial charge on any atom is -0.456 e. The molecule has 0 radical (unpaired) electrons. The largest absolute Gasteiger partial charge is 0.456 e. The van der Waals surface area contributed by atoms with Gasteiger partial charge in [-0.2, -0.15) is 0 Å². The van der Waals surface area contributed by atoms with Gasteiger partial charge in [-0.15, -0.1) is 0 Å². The first-order valence-electron chi connectivity index (χ1n) is 17.7. The van der Waals surface area contributed by atoms with Crippen LogP contribution in [0, 0.1) is 0 Å². The van der Waals surface area contributed by atoms with Crippen LogP contribution in [-0.2, 0) is 0 Å². The van der Waals surface area contributed by atoms with Gasteiger partial charge in [0.05, 0.1) is 2.74 Å². The van der Waals surface area contributed by atoms with E-state index in [1.807, 2.05) is 48.5 Å². The molecule has 0 N–H and O–H groups in total. The van der Waals surface area contributed by atoms with Crippen molar-refractivity contribution in [2.24, 2.45) is 0 Å². The molecule has 0 fully saturated rings. The number of furan rings is 1. The van der Waals surface area contributed by atoms with Gasteiger partial charge >= 0.3 is 0 Å². The molecule has 0 spiro atoms. The van der Waals surface area contributed by atoms with Gasteiger partial charge in [0.15, 0.2) is 0 Å². The summed E-state index contributed by atoms with van der Waals surface area (Å²) in [6.07, 6.45) is 0. The zero-order valence-corrected chi connectivity index (χ0v) is 26.6. The van der Waals surface area contributed by atoms with E-state index < -0.39 is 0 Å². The predicted molar refractivity (Wildman–Crippen MR) is 208 cm³/mol. The maximum Gasteiger partial charge on any atom is 0.136 e. The SMILES string of the molecule is [2H]c1ccc(-c2ccc(-c3c4ccccc4c(-c4cccc5oc6cc7ccccc7cc6c45)c4ccccc34)cc2-c2ccc([2H])cc2)cc1. The average Bonchev–Trinajstić information content (AvgIpc) is 3.54. The first-order valence-corrected chi connectivity index (χ1v) is 16.7. The van der Waals surface area contributed by atoms with E-state index in [-0.39, 0.29) is 0 Å². The van der Waals surface area contributed by atoms with Crippen molar-refractivity contribution < 1.29 is 7.16 Å². The van der Waals surface area contributed by atoms with Crippen LogP contribution in [0.3, 0.4) is 0 Å². The van der Waals surface area contributed by atoms with E-state index in [4.69, 9.17) is 7.16 Å². The summed E-state index contributed by atoms with van der Waals surface area (Å²) in [6.45, 7) is 0. The molecular weight excluding hydrogens is 593 g/mol. The Morgan fingerprint density at radius 2 is 0.918 bits per heavy atom. The summed E-state index contributed by atoms with van der Waals surface area (Å²) in [5, 5.41) is 9.34. The molecular formula is C48H30O. The average molecular weight is 625 g/mol. The monoisotopic (exact) mass is 624 g/mol. The molecule has 49 heavy (non-hydrogen) atoms. The molecule has 10 aromatic rings. The molecule has 0 aliphatic carbocycles. The quantitative estimate of drug-likeness (QED) is 0.178. The third kappa shape index (κ3) is 4.40. The van der Waals surface area contributed by atoms with E-state index in [1.54, 1.807) is 0 Å². The standard InChI is InChI=1S/C48H30O/c1-3-14-31(15-4-1)36-27-26-35(29-42(36)32-16-5-2-6-17-32)46-37-20-9-11-22-39(37)47(40-23-12-10-21-38(40)46)41-24-13-25-44-48(41)43-28-33-18-7-8-19-34(33)30-45(43)49-44/h1-30H/i1D,2D. The topological polar surface area (TPSA) is 13.1 Å². The molecule has 0 aliphatic rings. The smallest absolute Gasteiger partial charge is 0.136 e. The summed E-state index contributed by atoms with van der Waals surface area (Å²) in [6, 6.07) is 60.0. The van der Waals surface area contributed by atoms with Crippen LogP contribution in [0.1, 0.15) is 2.74 Å². The van der Waals surface area contributed by atoms with Crippen molar-refractivity contribution >= 4 is 54.3 Å². The summed E-state index contributed by atoms with van der Waals surface area (Å²) >= 11 is 0. The van der Waals surface area contributed by atoms with Crippen LogP contribution < -0.4 is 0 Å². The third-order valence-corrected chi connectivity index (χ3v) is 9.93. The summed E-state index contributed by atoms with van der Waals surface area (Å²) in [7, 11) is 0. The summed E-state index contributed by atoms with van der Waals surface area (Å²) in [5.41, 5.74) is 10.7. The van der Waals surface area contributed by atoms with E-state index in [0.717, 1.165) is 55.3 Å². The molecule has 0 saturated heterocycles. The third-order valence-electron chi connectivity index (χ3n) is 9.93. The van der Waals surface area contributed by atoms with Crippen molar-refractivity contribution in [3.05, 3.63) is 182 Å². The fourth-order valence-corrected chi connectivity index (χ4v) is 7.77. The second-order valence-electron chi connectivity index (χ2n) is 12.7. The van der Waals surface area contributed by atoms with Crippen molar-refractivity contribution in [1.29, 1.82) is 0 Å². The molecule has 0 saturated carbocycles. The van der Waals surface area contributed by atoms with Crippen LogP contribution in [0.2, 0.25) is 0 Å². The first-order chi connectivity index (χ1) is 25.1. The molecule has 0 aliphatic heterocycles. The van der Waals surface area contributed by atoms with Crippen LogP contribution in [0.5, 0.6) is 0 Å². The lowest BCUT2D eigenvalue weighted by molar-refractivity contribution is 0.669. The van der Waals surface area contributed by atoms with E-state index >= 15 is 0 Å². The lowest BCUT2D eigenvalue weighted by Crippen LogP contribution is -1.93. The fraction of sp³-hybridized carbons (Fsp3) is 0. The van der Waals surface area contributed by atoms with Gasteiger partial charge in [-0.05, 0) is 101 Å². The van der Waals surface area contributed by atoms with Crippen molar-refractivity contribution in [1.82, 2.24) is 0 Å². The van der Waals surface area contributed by atoms with Crippen LogP contribution in [-0.4, -0.2) is 0 Å². The zero-order chi connectivity index (χ0) is 34.1. The first kappa shape index (κ1) is 25.6. The highest BCUT2D eigenvalue weighted by Gasteiger charge is 2.21. The Morgan fingerprint density at radius 1 is 0.347 bits per heavy atom. The highest BCUT2D eigenvalue weighted by atomic mass is 16.3. The second-order valence-corrected chi connectivity index (χ2v) is 12.7. The second kappa shape index (κ2) is 11.1. The van der Waals surface area contributed by atoms with Crippen LogP contribution in [0.25, 0.3) is 98.8 Å². The van der Waals surface area contributed by atoms with E-state index in [1.165, 1.54) is 43.4 Å². The molecule has 0 amide bonds. The van der Waals surface area contributed by atoms with Gasteiger partial charge in [-0.3, -0.25) is 0 Å². The van der Waals surface area contributed by atoms with Gasteiger partial charge in [0.25, 0.3) is 0 Å². The normalized spacial score (nSPS) is 12.2. The minimum atomic E-state index is 0.483.